The number of hydrogen-bond donors (Lipinski definition) is 1. The lowest BCUT2D eigenvalue weighted by molar-refractivity contribution is 1.13. The maximum absolute atomic E-state index is 4.05. The summed E-state index contributed by atoms with van der Waals surface area (Å²) in [5.74, 6) is 6.66. The van der Waals surface area contributed by atoms with Crippen molar-refractivity contribution in [3.63, 3.8) is 0 Å². The highest BCUT2D eigenvalue weighted by molar-refractivity contribution is 9.10. The number of halogens is 1. The zero-order chi connectivity index (χ0) is 9.68. The van der Waals surface area contributed by atoms with Gasteiger partial charge in [-0.3, -0.25) is 0 Å². The Hall–Kier alpha value is -0.390. The zero-order valence-corrected chi connectivity index (χ0v) is 9.95. The van der Waals surface area contributed by atoms with Crippen LogP contribution in [0.25, 0.3) is 0 Å². The molecule has 0 unspecified atom stereocenters. The van der Waals surface area contributed by atoms with Gasteiger partial charge >= 0.3 is 0 Å². The first kappa shape index (κ1) is 10.7. The number of thiol groups is 1. The van der Waals surface area contributed by atoms with Crippen LogP contribution >= 0.6 is 28.6 Å². The predicted octanol–water partition coefficient (Wildman–Crippen LogP) is 3.29. The summed E-state index contributed by atoms with van der Waals surface area (Å²) in [5, 5.41) is 0. The third-order valence-electron chi connectivity index (χ3n) is 1.75. The molecule has 0 nitrogen and oxygen atoms in total. The molecule has 0 spiro atoms. The Morgan fingerprint density at radius 1 is 1.46 bits per heavy atom. The first-order valence-electron chi connectivity index (χ1n) is 4.16. The normalized spacial score (nSPS) is 9.15. The van der Waals surface area contributed by atoms with E-state index < -0.39 is 0 Å². The summed E-state index contributed by atoms with van der Waals surface area (Å²) in [4.78, 5) is 0. The lowest BCUT2D eigenvalue weighted by Gasteiger charge is -2.01. The van der Waals surface area contributed by atoms with Crippen LogP contribution < -0.4 is 0 Å². The van der Waals surface area contributed by atoms with Crippen LogP contribution in [0.15, 0.2) is 22.7 Å². The van der Waals surface area contributed by atoms with Gasteiger partial charge in [-0.1, -0.05) is 34.7 Å². The summed E-state index contributed by atoms with van der Waals surface area (Å²) < 4.78 is 1.11. The van der Waals surface area contributed by atoms with Crippen LogP contribution in [0.1, 0.15) is 18.1 Å². The fraction of sp³-hybridized carbons (Fsp3) is 0.273. The second-order valence-corrected chi connectivity index (χ2v) is 3.85. The molecule has 0 aliphatic carbocycles. The lowest BCUT2D eigenvalue weighted by Crippen LogP contribution is -1.87. The Morgan fingerprint density at radius 2 is 2.23 bits per heavy atom. The Labute approximate surface area is 93.3 Å². The smallest absolute Gasteiger partial charge is 0.0521 e. The molecule has 1 aromatic carbocycles. The largest absolute Gasteiger partial charge is 0.166 e. The second-order valence-electron chi connectivity index (χ2n) is 2.61. The Morgan fingerprint density at radius 3 is 2.85 bits per heavy atom. The minimum Gasteiger partial charge on any atom is -0.166 e. The molecule has 1 aromatic rings. The van der Waals surface area contributed by atoms with Crippen molar-refractivity contribution in [3.05, 3.63) is 33.8 Å². The minimum atomic E-state index is 0.610. The average molecular weight is 255 g/mol. The molecule has 0 aromatic heterocycles. The Kier molecular flexibility index (Phi) is 4.41. The van der Waals surface area contributed by atoms with Crippen molar-refractivity contribution in [1.82, 2.24) is 0 Å². The van der Waals surface area contributed by atoms with Crippen molar-refractivity contribution in [2.45, 2.75) is 13.3 Å². The maximum atomic E-state index is 4.05. The van der Waals surface area contributed by atoms with E-state index in [1.807, 2.05) is 12.1 Å². The molecule has 0 bridgehead atoms. The van der Waals surface area contributed by atoms with Gasteiger partial charge in [-0.25, -0.2) is 0 Å². The van der Waals surface area contributed by atoms with Gasteiger partial charge < -0.3 is 0 Å². The summed E-state index contributed by atoms with van der Waals surface area (Å²) in [6.07, 6.45) is 1.01. The van der Waals surface area contributed by atoms with E-state index in [1.165, 1.54) is 5.56 Å². The molecule has 68 valence electrons. The molecule has 0 fully saturated rings. The molecule has 2 heteroatoms. The molecule has 0 aliphatic heterocycles. The van der Waals surface area contributed by atoms with Gasteiger partial charge in [0.25, 0.3) is 0 Å². The SMILES string of the molecule is CCc1cc(Br)ccc1C#CCS. The molecule has 13 heavy (non-hydrogen) atoms. The van der Waals surface area contributed by atoms with Gasteiger partial charge in [0.2, 0.25) is 0 Å². The molecule has 0 radical (unpaired) electrons. The molecule has 0 heterocycles. The fourth-order valence-corrected chi connectivity index (χ4v) is 1.60. The van der Waals surface area contributed by atoms with E-state index in [1.54, 1.807) is 0 Å². The molecule has 0 N–H and O–H groups in total. The van der Waals surface area contributed by atoms with E-state index >= 15 is 0 Å². The second kappa shape index (κ2) is 5.36. The Bertz CT molecular complexity index is 347. The first-order valence-corrected chi connectivity index (χ1v) is 5.58. The van der Waals surface area contributed by atoms with Crippen LogP contribution in [0.4, 0.5) is 0 Å². The van der Waals surface area contributed by atoms with Gasteiger partial charge in [0.05, 0.1) is 5.75 Å². The van der Waals surface area contributed by atoms with Crippen LogP contribution in [0, 0.1) is 11.8 Å². The molecule has 0 amide bonds. The quantitative estimate of drug-likeness (QED) is 0.577. The summed E-state index contributed by atoms with van der Waals surface area (Å²) in [5.41, 5.74) is 2.39. The highest BCUT2D eigenvalue weighted by Gasteiger charge is 1.97. The molecule has 0 saturated carbocycles. The summed E-state index contributed by atoms with van der Waals surface area (Å²) >= 11 is 7.49. The monoisotopic (exact) mass is 254 g/mol. The first-order chi connectivity index (χ1) is 6.27. The molecular weight excluding hydrogens is 244 g/mol. The van der Waals surface area contributed by atoms with Crippen molar-refractivity contribution < 1.29 is 0 Å². The van der Waals surface area contributed by atoms with Gasteiger partial charge in [0.15, 0.2) is 0 Å². The summed E-state index contributed by atoms with van der Waals surface area (Å²) in [7, 11) is 0. The van der Waals surface area contributed by atoms with Crippen LogP contribution in [0.5, 0.6) is 0 Å². The summed E-state index contributed by atoms with van der Waals surface area (Å²) in [6.45, 7) is 2.13. The highest BCUT2D eigenvalue weighted by Crippen LogP contribution is 2.16. The van der Waals surface area contributed by atoms with Crippen LogP contribution in [0.2, 0.25) is 0 Å². The third-order valence-corrected chi connectivity index (χ3v) is 2.40. The van der Waals surface area contributed by atoms with Gasteiger partial charge in [0, 0.05) is 10.0 Å². The molecular formula is C11H11BrS. The van der Waals surface area contributed by atoms with Crippen molar-refractivity contribution in [2.75, 3.05) is 5.75 Å². The molecule has 0 aliphatic rings. The number of hydrogen-bond acceptors (Lipinski definition) is 1. The van der Waals surface area contributed by atoms with Crippen molar-refractivity contribution in [1.29, 1.82) is 0 Å². The van der Waals surface area contributed by atoms with Crippen molar-refractivity contribution in [2.24, 2.45) is 0 Å². The van der Waals surface area contributed by atoms with E-state index in [-0.39, 0.29) is 0 Å². The maximum Gasteiger partial charge on any atom is 0.0521 e. The zero-order valence-electron chi connectivity index (χ0n) is 7.47. The van der Waals surface area contributed by atoms with E-state index in [9.17, 15) is 0 Å². The van der Waals surface area contributed by atoms with Crippen LogP contribution in [-0.4, -0.2) is 5.75 Å². The molecule has 1 rings (SSSR count). The Balaban J connectivity index is 3.06. The van der Waals surface area contributed by atoms with Gasteiger partial charge in [-0.05, 0) is 30.2 Å². The van der Waals surface area contributed by atoms with Crippen LogP contribution in [0.3, 0.4) is 0 Å². The predicted molar refractivity (Wildman–Crippen MR) is 64.3 cm³/mol. The van der Waals surface area contributed by atoms with Gasteiger partial charge in [0.1, 0.15) is 0 Å². The minimum absolute atomic E-state index is 0.610. The van der Waals surface area contributed by atoms with Gasteiger partial charge in [-0.15, -0.1) is 0 Å². The standard InChI is InChI=1S/C11H11BrS/c1-2-9-8-11(12)6-5-10(9)4-3-7-13/h5-6,8,13H,2,7H2,1H3. The van der Waals surface area contributed by atoms with E-state index in [4.69, 9.17) is 0 Å². The van der Waals surface area contributed by atoms with E-state index in [2.05, 4.69) is 53.4 Å². The summed E-state index contributed by atoms with van der Waals surface area (Å²) in [6, 6.07) is 6.17. The van der Waals surface area contributed by atoms with Gasteiger partial charge in [-0.2, -0.15) is 12.6 Å². The molecule has 0 saturated heterocycles. The lowest BCUT2D eigenvalue weighted by atomic mass is 10.1. The number of rotatable bonds is 1. The fourth-order valence-electron chi connectivity index (χ4n) is 1.11. The third kappa shape index (κ3) is 3.10. The number of benzene rings is 1. The molecule has 0 atom stereocenters. The van der Waals surface area contributed by atoms with Crippen molar-refractivity contribution in [3.8, 4) is 11.8 Å². The van der Waals surface area contributed by atoms with Crippen molar-refractivity contribution >= 4 is 28.6 Å². The van der Waals surface area contributed by atoms with E-state index in [0.717, 1.165) is 16.5 Å². The highest BCUT2D eigenvalue weighted by atomic mass is 79.9. The number of aryl methyl sites for hydroxylation is 1. The van der Waals surface area contributed by atoms with E-state index in [0.29, 0.717) is 5.75 Å². The average Bonchev–Trinajstić information content (AvgIpc) is 2.16. The van der Waals surface area contributed by atoms with Crippen LogP contribution in [-0.2, 0) is 6.42 Å². The topological polar surface area (TPSA) is 0 Å².